The standard InChI is InChI=1S/C16H14F2N2O/c17-16(18)21-14-8-6-13(7-9-14)15(10-19)20-11-12-4-2-1-3-5-12/h1-9,15-16,20H,11H2. The summed E-state index contributed by atoms with van der Waals surface area (Å²) in [4.78, 5) is 0. The van der Waals surface area contributed by atoms with Crippen LogP contribution in [0, 0.1) is 11.3 Å². The van der Waals surface area contributed by atoms with Gasteiger partial charge in [-0.15, -0.1) is 0 Å². The molecular formula is C16H14F2N2O. The van der Waals surface area contributed by atoms with Gasteiger partial charge in [0.05, 0.1) is 6.07 Å². The van der Waals surface area contributed by atoms with Crippen molar-refractivity contribution in [2.45, 2.75) is 19.2 Å². The van der Waals surface area contributed by atoms with Gasteiger partial charge in [0.25, 0.3) is 0 Å². The molecule has 1 atom stereocenters. The predicted octanol–water partition coefficient (Wildman–Crippen LogP) is 3.64. The Hall–Kier alpha value is -2.45. The van der Waals surface area contributed by atoms with Gasteiger partial charge in [0.15, 0.2) is 0 Å². The number of nitrogens with zero attached hydrogens (tertiary/aromatic N) is 1. The highest BCUT2D eigenvalue weighted by atomic mass is 19.3. The fourth-order valence-corrected chi connectivity index (χ4v) is 1.90. The van der Waals surface area contributed by atoms with Crippen LogP contribution in [0.3, 0.4) is 0 Å². The van der Waals surface area contributed by atoms with E-state index in [4.69, 9.17) is 0 Å². The van der Waals surface area contributed by atoms with E-state index in [1.807, 2.05) is 30.3 Å². The van der Waals surface area contributed by atoms with Crippen LogP contribution in [0.1, 0.15) is 17.2 Å². The van der Waals surface area contributed by atoms with E-state index >= 15 is 0 Å². The van der Waals surface area contributed by atoms with Crippen molar-refractivity contribution in [1.29, 1.82) is 5.26 Å². The number of benzene rings is 2. The van der Waals surface area contributed by atoms with Crippen LogP contribution in [0.15, 0.2) is 54.6 Å². The van der Waals surface area contributed by atoms with Crippen molar-refractivity contribution >= 4 is 0 Å². The summed E-state index contributed by atoms with van der Waals surface area (Å²) in [6, 6.07) is 17.4. The van der Waals surface area contributed by atoms with Crippen LogP contribution in [0.25, 0.3) is 0 Å². The molecule has 0 aliphatic heterocycles. The first-order chi connectivity index (χ1) is 10.2. The molecule has 0 bridgehead atoms. The van der Waals surface area contributed by atoms with Crippen molar-refractivity contribution in [3.05, 3.63) is 65.7 Å². The Morgan fingerprint density at radius 3 is 2.29 bits per heavy atom. The summed E-state index contributed by atoms with van der Waals surface area (Å²) in [5, 5.41) is 12.3. The summed E-state index contributed by atoms with van der Waals surface area (Å²) in [5.74, 6) is 0.0773. The number of rotatable bonds is 6. The highest BCUT2D eigenvalue weighted by Crippen LogP contribution is 2.19. The highest BCUT2D eigenvalue weighted by Gasteiger charge is 2.11. The molecule has 3 nitrogen and oxygen atoms in total. The third kappa shape index (κ3) is 4.55. The van der Waals surface area contributed by atoms with Gasteiger partial charge < -0.3 is 4.74 Å². The van der Waals surface area contributed by atoms with E-state index in [2.05, 4.69) is 16.1 Å². The molecular weight excluding hydrogens is 274 g/mol. The van der Waals surface area contributed by atoms with Crippen molar-refractivity contribution in [1.82, 2.24) is 5.32 Å². The molecule has 0 aliphatic carbocycles. The molecule has 21 heavy (non-hydrogen) atoms. The quantitative estimate of drug-likeness (QED) is 0.882. The second kappa shape index (κ2) is 7.36. The maximum Gasteiger partial charge on any atom is 0.387 e. The first-order valence-electron chi connectivity index (χ1n) is 6.41. The first-order valence-corrected chi connectivity index (χ1v) is 6.41. The Morgan fingerprint density at radius 2 is 1.71 bits per heavy atom. The number of halogens is 2. The fraction of sp³-hybridized carbons (Fsp3) is 0.188. The van der Waals surface area contributed by atoms with Crippen molar-refractivity contribution in [2.75, 3.05) is 0 Å². The van der Waals surface area contributed by atoms with Gasteiger partial charge in [-0.25, -0.2) is 0 Å². The minimum atomic E-state index is -2.85. The van der Waals surface area contributed by atoms with E-state index in [9.17, 15) is 14.0 Å². The second-order valence-corrected chi connectivity index (χ2v) is 4.38. The molecule has 0 spiro atoms. The van der Waals surface area contributed by atoms with Gasteiger partial charge in [0.2, 0.25) is 0 Å². The smallest absolute Gasteiger partial charge is 0.387 e. The summed E-state index contributed by atoms with van der Waals surface area (Å²) in [6.07, 6.45) is 0. The number of ether oxygens (including phenoxy) is 1. The molecule has 0 saturated carbocycles. The van der Waals surface area contributed by atoms with Gasteiger partial charge in [-0.2, -0.15) is 14.0 Å². The Balaban J connectivity index is 1.99. The molecule has 5 heteroatoms. The lowest BCUT2D eigenvalue weighted by molar-refractivity contribution is -0.0498. The Labute approximate surface area is 121 Å². The molecule has 0 radical (unpaired) electrons. The van der Waals surface area contributed by atoms with Crippen molar-refractivity contribution in [2.24, 2.45) is 0 Å². The van der Waals surface area contributed by atoms with Gasteiger partial charge in [-0.1, -0.05) is 42.5 Å². The molecule has 0 saturated heterocycles. The lowest BCUT2D eigenvalue weighted by Gasteiger charge is -2.13. The van der Waals surface area contributed by atoms with E-state index < -0.39 is 12.7 Å². The minimum absolute atomic E-state index is 0.0773. The maximum atomic E-state index is 12.1. The average molecular weight is 288 g/mol. The topological polar surface area (TPSA) is 45.0 Å². The third-order valence-electron chi connectivity index (χ3n) is 2.92. The van der Waals surface area contributed by atoms with Crippen molar-refractivity contribution in [3.8, 4) is 11.8 Å². The number of alkyl halides is 2. The number of hydrogen-bond acceptors (Lipinski definition) is 3. The molecule has 1 N–H and O–H groups in total. The Kier molecular flexibility index (Phi) is 5.24. The fourth-order valence-electron chi connectivity index (χ4n) is 1.90. The molecule has 0 fully saturated rings. The van der Waals surface area contributed by atoms with Crippen LogP contribution in [0.4, 0.5) is 8.78 Å². The molecule has 0 aliphatic rings. The summed E-state index contributed by atoms with van der Waals surface area (Å²) in [5.41, 5.74) is 1.77. The van der Waals surface area contributed by atoms with Gasteiger partial charge in [-0.05, 0) is 23.3 Å². The monoisotopic (exact) mass is 288 g/mol. The zero-order valence-electron chi connectivity index (χ0n) is 11.2. The zero-order chi connectivity index (χ0) is 15.1. The summed E-state index contributed by atoms with van der Waals surface area (Å²) in [7, 11) is 0. The van der Waals surface area contributed by atoms with Crippen LogP contribution in [-0.2, 0) is 6.54 Å². The predicted molar refractivity (Wildman–Crippen MR) is 74.7 cm³/mol. The zero-order valence-corrected chi connectivity index (χ0v) is 11.2. The molecule has 2 aromatic rings. The van der Waals surface area contributed by atoms with E-state index in [1.54, 1.807) is 12.1 Å². The summed E-state index contributed by atoms with van der Waals surface area (Å²) in [6.45, 7) is -2.30. The van der Waals surface area contributed by atoms with Crippen LogP contribution in [0.5, 0.6) is 5.75 Å². The maximum absolute atomic E-state index is 12.1. The summed E-state index contributed by atoms with van der Waals surface area (Å²) < 4.78 is 28.4. The lowest BCUT2D eigenvalue weighted by atomic mass is 10.1. The van der Waals surface area contributed by atoms with Crippen LogP contribution in [-0.4, -0.2) is 6.61 Å². The molecule has 0 heterocycles. The minimum Gasteiger partial charge on any atom is -0.435 e. The highest BCUT2D eigenvalue weighted by molar-refractivity contribution is 5.31. The van der Waals surface area contributed by atoms with Gasteiger partial charge in [-0.3, -0.25) is 5.32 Å². The van der Waals surface area contributed by atoms with Crippen LogP contribution >= 0.6 is 0 Å². The van der Waals surface area contributed by atoms with Crippen molar-refractivity contribution < 1.29 is 13.5 Å². The molecule has 2 rings (SSSR count). The van der Waals surface area contributed by atoms with Gasteiger partial charge >= 0.3 is 6.61 Å². The molecule has 2 aromatic carbocycles. The normalized spacial score (nSPS) is 11.9. The first kappa shape index (κ1) is 14.9. The molecule has 0 amide bonds. The summed E-state index contributed by atoms with van der Waals surface area (Å²) >= 11 is 0. The van der Waals surface area contributed by atoms with Crippen molar-refractivity contribution in [3.63, 3.8) is 0 Å². The molecule has 108 valence electrons. The second-order valence-electron chi connectivity index (χ2n) is 4.38. The SMILES string of the molecule is N#CC(NCc1ccccc1)c1ccc(OC(F)F)cc1. The Morgan fingerprint density at radius 1 is 1.05 bits per heavy atom. The lowest BCUT2D eigenvalue weighted by Crippen LogP contribution is -2.19. The average Bonchev–Trinajstić information content (AvgIpc) is 2.50. The van der Waals surface area contributed by atoms with Crippen LogP contribution in [0.2, 0.25) is 0 Å². The van der Waals surface area contributed by atoms with E-state index in [1.165, 1.54) is 12.1 Å². The third-order valence-corrected chi connectivity index (χ3v) is 2.92. The molecule has 1 unspecified atom stereocenters. The van der Waals surface area contributed by atoms with E-state index in [0.29, 0.717) is 12.1 Å². The van der Waals surface area contributed by atoms with Crippen LogP contribution < -0.4 is 10.1 Å². The van der Waals surface area contributed by atoms with E-state index in [-0.39, 0.29) is 5.75 Å². The van der Waals surface area contributed by atoms with Gasteiger partial charge in [0, 0.05) is 6.54 Å². The van der Waals surface area contributed by atoms with Gasteiger partial charge in [0.1, 0.15) is 11.8 Å². The number of nitrogens with one attached hydrogen (secondary N) is 1. The number of nitriles is 1. The Bertz CT molecular complexity index is 594. The largest absolute Gasteiger partial charge is 0.435 e. The molecule has 0 aromatic heterocycles. The van der Waals surface area contributed by atoms with E-state index in [0.717, 1.165) is 5.56 Å². The number of hydrogen-bond donors (Lipinski definition) is 1.